The topological polar surface area (TPSA) is 106 Å². The normalized spacial score (nSPS) is 11.1. The van der Waals surface area contributed by atoms with Crippen LogP contribution < -0.4 is 11.3 Å². The van der Waals surface area contributed by atoms with Crippen LogP contribution in [-0.4, -0.2) is 15.7 Å². The predicted octanol–water partition coefficient (Wildman–Crippen LogP) is 2.60. The van der Waals surface area contributed by atoms with Crippen LogP contribution in [0.3, 0.4) is 0 Å². The molecule has 0 saturated carbocycles. The Bertz CT molecular complexity index is 699. The van der Waals surface area contributed by atoms with E-state index in [2.05, 4.69) is 31.3 Å². The molecule has 2 rings (SSSR count). The third-order valence-electron chi connectivity index (χ3n) is 2.30. The van der Waals surface area contributed by atoms with E-state index in [0.717, 1.165) is 9.15 Å². The highest BCUT2D eigenvalue weighted by molar-refractivity contribution is 9.10. The monoisotopic (exact) mass is 323 g/mol. The number of hydrogen-bond donors (Lipinski definition) is 2. The summed E-state index contributed by atoms with van der Waals surface area (Å²) in [5, 5.41) is 10.1. The van der Waals surface area contributed by atoms with Gasteiger partial charge in [0.1, 0.15) is 5.82 Å². The van der Waals surface area contributed by atoms with E-state index in [0.29, 0.717) is 5.69 Å². The first-order chi connectivity index (χ1) is 8.99. The van der Waals surface area contributed by atoms with Crippen molar-refractivity contribution in [3.63, 3.8) is 0 Å². The number of halogens is 1. The molecule has 1 aromatic heterocycles. The molecule has 98 valence electrons. The quantitative estimate of drug-likeness (QED) is 0.829. The summed E-state index contributed by atoms with van der Waals surface area (Å²) in [5.74, 6) is -0.470. The molecule has 0 atom stereocenters. The fraction of sp³-hybridized carbons (Fsp3) is 0.0909. The molecular formula is C11H10BrN5O2. The van der Waals surface area contributed by atoms with Crippen molar-refractivity contribution in [2.24, 2.45) is 10.2 Å². The summed E-state index contributed by atoms with van der Waals surface area (Å²) in [5.41, 5.74) is 5.44. The molecule has 3 N–H and O–H groups in total. The van der Waals surface area contributed by atoms with Crippen molar-refractivity contribution in [3.8, 4) is 0 Å². The second kappa shape index (κ2) is 5.19. The molecule has 19 heavy (non-hydrogen) atoms. The number of nitrogens with zero attached hydrogens (tertiary/aromatic N) is 3. The smallest absolute Gasteiger partial charge is 0.303 e. The summed E-state index contributed by atoms with van der Waals surface area (Å²) in [4.78, 5) is 22.9. The van der Waals surface area contributed by atoms with Crippen LogP contribution in [0, 0.1) is 0 Å². The van der Waals surface area contributed by atoms with Crippen LogP contribution in [0.4, 0.5) is 17.2 Å². The van der Waals surface area contributed by atoms with Gasteiger partial charge >= 0.3 is 5.56 Å². The van der Waals surface area contributed by atoms with E-state index in [1.807, 2.05) is 0 Å². The first-order valence-electron chi connectivity index (χ1n) is 5.28. The number of anilines is 1. The highest BCUT2D eigenvalue weighted by Crippen LogP contribution is 2.21. The molecule has 0 aliphatic heterocycles. The van der Waals surface area contributed by atoms with E-state index < -0.39 is 11.5 Å². The average Bonchev–Trinajstić information content (AvgIpc) is 2.65. The molecule has 0 unspecified atom stereocenters. The summed E-state index contributed by atoms with van der Waals surface area (Å²) >= 11 is 3.30. The largest absolute Gasteiger partial charge is 0.382 e. The number of nitrogen functional groups attached to an aromatic ring is 1. The Hall–Kier alpha value is -2.22. The number of aromatic nitrogens is 2. The van der Waals surface area contributed by atoms with Gasteiger partial charge in [-0.1, -0.05) is 15.9 Å². The van der Waals surface area contributed by atoms with Crippen molar-refractivity contribution in [3.05, 3.63) is 39.1 Å². The van der Waals surface area contributed by atoms with E-state index in [1.54, 1.807) is 24.3 Å². The number of carbonyl (C=O) groups is 1. The molecule has 0 radical (unpaired) electrons. The maximum atomic E-state index is 11.8. The average molecular weight is 324 g/mol. The van der Waals surface area contributed by atoms with Gasteiger partial charge in [0.15, 0.2) is 5.69 Å². The van der Waals surface area contributed by atoms with Crippen molar-refractivity contribution in [2.75, 3.05) is 5.73 Å². The molecule has 0 fully saturated rings. The minimum atomic E-state index is -0.620. The Balaban J connectivity index is 2.36. The van der Waals surface area contributed by atoms with Crippen molar-refractivity contribution < 1.29 is 4.79 Å². The van der Waals surface area contributed by atoms with E-state index in [4.69, 9.17) is 5.73 Å². The summed E-state index contributed by atoms with van der Waals surface area (Å²) in [7, 11) is 0. The Kier molecular flexibility index (Phi) is 3.61. The van der Waals surface area contributed by atoms with Crippen molar-refractivity contribution in [1.29, 1.82) is 0 Å². The fourth-order valence-corrected chi connectivity index (χ4v) is 1.64. The minimum absolute atomic E-state index is 0.000983. The summed E-state index contributed by atoms with van der Waals surface area (Å²) in [6.45, 7) is 1.24. The van der Waals surface area contributed by atoms with Gasteiger partial charge < -0.3 is 5.73 Å². The van der Waals surface area contributed by atoms with Gasteiger partial charge in [-0.3, -0.25) is 14.7 Å². The molecule has 2 aromatic rings. The first kappa shape index (κ1) is 13.2. The van der Waals surface area contributed by atoms with Gasteiger partial charge in [0.05, 0.1) is 5.69 Å². The third kappa shape index (κ3) is 2.79. The number of H-pyrrole nitrogens is 1. The predicted molar refractivity (Wildman–Crippen MR) is 74.1 cm³/mol. The number of aromatic amines is 1. The van der Waals surface area contributed by atoms with Gasteiger partial charge in [-0.25, -0.2) is 0 Å². The Morgan fingerprint density at radius 2 is 1.95 bits per heavy atom. The molecule has 1 aromatic carbocycles. The second-order valence-corrected chi connectivity index (χ2v) is 4.63. The maximum absolute atomic E-state index is 11.8. The van der Waals surface area contributed by atoms with Crippen molar-refractivity contribution >= 4 is 39.0 Å². The first-order valence-corrected chi connectivity index (χ1v) is 6.07. The molecule has 7 nitrogen and oxygen atoms in total. The van der Waals surface area contributed by atoms with Crippen LogP contribution in [0.5, 0.6) is 0 Å². The number of benzene rings is 1. The standard InChI is InChI=1S/C11H10BrN5O2/c1-6(18)17-11(19)9(10(13)16-17)15-14-8-4-2-7(12)3-5-8/h2-5,16H,13H2,1H3. The molecule has 0 spiro atoms. The Morgan fingerprint density at radius 3 is 2.47 bits per heavy atom. The van der Waals surface area contributed by atoms with Crippen molar-refractivity contribution in [1.82, 2.24) is 9.78 Å². The van der Waals surface area contributed by atoms with Crippen LogP contribution in [0.15, 0.2) is 43.8 Å². The van der Waals surface area contributed by atoms with Gasteiger partial charge in [0.2, 0.25) is 5.91 Å². The zero-order valence-electron chi connectivity index (χ0n) is 9.92. The molecule has 8 heteroatoms. The number of hydrogen-bond acceptors (Lipinski definition) is 5. The number of nitrogens with one attached hydrogen (secondary N) is 1. The lowest BCUT2D eigenvalue weighted by atomic mass is 10.3. The highest BCUT2D eigenvalue weighted by Gasteiger charge is 2.13. The van der Waals surface area contributed by atoms with E-state index in [1.165, 1.54) is 6.92 Å². The molecule has 0 bridgehead atoms. The number of nitrogens with two attached hydrogens (primary N) is 1. The summed E-state index contributed by atoms with van der Waals surface area (Å²) in [6.07, 6.45) is 0. The lowest BCUT2D eigenvalue weighted by molar-refractivity contribution is 0.0917. The van der Waals surface area contributed by atoms with E-state index >= 15 is 0 Å². The summed E-state index contributed by atoms with van der Waals surface area (Å²) in [6, 6.07) is 7.03. The summed E-state index contributed by atoms with van der Waals surface area (Å²) < 4.78 is 1.69. The molecular weight excluding hydrogens is 314 g/mol. The molecule has 0 saturated heterocycles. The highest BCUT2D eigenvalue weighted by atomic mass is 79.9. The zero-order valence-corrected chi connectivity index (χ0v) is 11.5. The maximum Gasteiger partial charge on any atom is 0.303 e. The van der Waals surface area contributed by atoms with Gasteiger partial charge in [-0.2, -0.15) is 9.80 Å². The zero-order chi connectivity index (χ0) is 14.0. The van der Waals surface area contributed by atoms with Crippen molar-refractivity contribution in [2.45, 2.75) is 6.92 Å². The van der Waals surface area contributed by atoms with Crippen LogP contribution in [0.25, 0.3) is 0 Å². The Morgan fingerprint density at radius 1 is 1.32 bits per heavy atom. The van der Waals surface area contributed by atoms with Crippen LogP contribution in [-0.2, 0) is 0 Å². The molecule has 0 amide bonds. The van der Waals surface area contributed by atoms with Crippen LogP contribution in [0.1, 0.15) is 11.7 Å². The SMILES string of the molecule is CC(=O)n1[nH]c(N)c(N=Nc2ccc(Br)cc2)c1=O. The van der Waals surface area contributed by atoms with Crippen LogP contribution in [0.2, 0.25) is 0 Å². The molecule has 0 aliphatic carbocycles. The fourth-order valence-electron chi connectivity index (χ4n) is 1.38. The number of rotatable bonds is 2. The second-order valence-electron chi connectivity index (χ2n) is 3.71. The van der Waals surface area contributed by atoms with Gasteiger partial charge in [0.25, 0.3) is 0 Å². The van der Waals surface area contributed by atoms with E-state index in [-0.39, 0.29) is 11.5 Å². The Labute approximate surface area is 116 Å². The van der Waals surface area contributed by atoms with Gasteiger partial charge in [-0.05, 0) is 24.3 Å². The lowest BCUT2D eigenvalue weighted by Gasteiger charge is -1.91. The van der Waals surface area contributed by atoms with Gasteiger partial charge in [0, 0.05) is 11.4 Å². The minimum Gasteiger partial charge on any atom is -0.382 e. The lowest BCUT2D eigenvalue weighted by Crippen LogP contribution is -2.21. The number of azo groups is 1. The molecule has 1 heterocycles. The third-order valence-corrected chi connectivity index (χ3v) is 2.83. The molecule has 0 aliphatic rings. The number of carbonyl (C=O) groups excluding carboxylic acids is 1. The van der Waals surface area contributed by atoms with Gasteiger partial charge in [-0.15, -0.1) is 5.11 Å². The van der Waals surface area contributed by atoms with E-state index in [9.17, 15) is 9.59 Å². The van der Waals surface area contributed by atoms with Crippen LogP contribution >= 0.6 is 15.9 Å².